The molecule has 1 aliphatic heterocycles. The molecule has 6 heteroatoms. The van der Waals surface area contributed by atoms with Crippen molar-refractivity contribution in [3.63, 3.8) is 0 Å². The quantitative estimate of drug-likeness (QED) is 0.448. The molecule has 0 spiro atoms. The summed E-state index contributed by atoms with van der Waals surface area (Å²) in [4.78, 5) is 22.3. The molecule has 0 N–H and O–H groups in total. The van der Waals surface area contributed by atoms with E-state index in [0.717, 1.165) is 52.1 Å². The highest BCUT2D eigenvalue weighted by molar-refractivity contribution is 6.13. The van der Waals surface area contributed by atoms with Crippen LogP contribution < -0.4 is 4.90 Å². The molecule has 0 saturated carbocycles. The Labute approximate surface area is 194 Å². The first-order valence-electron chi connectivity index (χ1n) is 10.7. The molecule has 0 bridgehead atoms. The Bertz CT molecular complexity index is 1230. The van der Waals surface area contributed by atoms with Gasteiger partial charge >= 0.3 is 0 Å². The highest BCUT2D eigenvalue weighted by Crippen LogP contribution is 2.34. The molecule has 5 rings (SSSR count). The van der Waals surface area contributed by atoms with E-state index in [-0.39, 0.29) is 18.3 Å². The van der Waals surface area contributed by atoms with Gasteiger partial charge in [-0.05, 0) is 36.8 Å². The van der Waals surface area contributed by atoms with Gasteiger partial charge in [-0.15, -0.1) is 12.4 Å². The van der Waals surface area contributed by atoms with E-state index in [0.29, 0.717) is 13.1 Å². The van der Waals surface area contributed by atoms with Gasteiger partial charge in [0.25, 0.3) is 5.91 Å². The fourth-order valence-electron chi connectivity index (χ4n) is 4.59. The summed E-state index contributed by atoms with van der Waals surface area (Å²) in [6.45, 7) is 5.13. The van der Waals surface area contributed by atoms with Crippen LogP contribution in [0.2, 0.25) is 0 Å². The van der Waals surface area contributed by atoms with Crippen molar-refractivity contribution in [1.82, 2.24) is 14.5 Å². The molecule has 1 fully saturated rings. The standard InChI is InChI=1S/C26H26N4O.ClH/c1-19-8-9-23-22(18-19)24(25(28(23)2)20-6-4-3-5-7-20)26(31)30-16-14-29(15-17-30)21-10-12-27-13-11-21;/h3-13,18H,14-17H2,1-2H3;1H. The van der Waals surface area contributed by atoms with Crippen molar-refractivity contribution in [2.24, 2.45) is 7.05 Å². The summed E-state index contributed by atoms with van der Waals surface area (Å²) >= 11 is 0. The van der Waals surface area contributed by atoms with Crippen LogP contribution in [0.1, 0.15) is 15.9 Å². The first kappa shape index (κ1) is 21.9. The lowest BCUT2D eigenvalue weighted by Crippen LogP contribution is -2.48. The Hall–Kier alpha value is -3.31. The van der Waals surface area contributed by atoms with Crippen LogP contribution >= 0.6 is 12.4 Å². The van der Waals surface area contributed by atoms with E-state index in [4.69, 9.17) is 0 Å². The molecule has 1 aliphatic rings. The van der Waals surface area contributed by atoms with Gasteiger partial charge in [-0.1, -0.05) is 42.0 Å². The van der Waals surface area contributed by atoms with Gasteiger partial charge in [0, 0.05) is 62.2 Å². The van der Waals surface area contributed by atoms with Crippen LogP contribution in [0, 0.1) is 6.92 Å². The monoisotopic (exact) mass is 446 g/mol. The third kappa shape index (κ3) is 3.84. The molecular formula is C26H27ClN4O. The van der Waals surface area contributed by atoms with Crippen molar-refractivity contribution >= 4 is 34.9 Å². The van der Waals surface area contributed by atoms with Gasteiger partial charge in [-0.2, -0.15) is 0 Å². The number of amides is 1. The Morgan fingerprint density at radius 1 is 0.906 bits per heavy atom. The first-order chi connectivity index (χ1) is 15.1. The number of piperazine rings is 1. The predicted octanol–water partition coefficient (Wildman–Crippen LogP) is 4.93. The lowest BCUT2D eigenvalue weighted by Gasteiger charge is -2.36. The van der Waals surface area contributed by atoms with E-state index < -0.39 is 0 Å². The Kier molecular flexibility index (Phi) is 6.19. The van der Waals surface area contributed by atoms with Crippen molar-refractivity contribution in [2.75, 3.05) is 31.1 Å². The average Bonchev–Trinajstić information content (AvgIpc) is 3.11. The van der Waals surface area contributed by atoms with Crippen molar-refractivity contribution in [2.45, 2.75) is 6.92 Å². The third-order valence-corrected chi connectivity index (χ3v) is 6.21. The number of hydrogen-bond acceptors (Lipinski definition) is 3. The predicted molar refractivity (Wildman–Crippen MR) is 133 cm³/mol. The molecule has 32 heavy (non-hydrogen) atoms. The lowest BCUT2D eigenvalue weighted by atomic mass is 10.0. The van der Waals surface area contributed by atoms with E-state index in [1.165, 1.54) is 0 Å². The van der Waals surface area contributed by atoms with Crippen LogP contribution in [0.3, 0.4) is 0 Å². The van der Waals surface area contributed by atoms with Gasteiger partial charge < -0.3 is 14.4 Å². The van der Waals surface area contributed by atoms with Gasteiger partial charge in [-0.3, -0.25) is 9.78 Å². The number of hydrogen-bond donors (Lipinski definition) is 0. The zero-order valence-electron chi connectivity index (χ0n) is 18.4. The van der Waals surface area contributed by atoms with Crippen LogP contribution in [-0.4, -0.2) is 46.5 Å². The molecule has 3 heterocycles. The number of halogens is 1. The number of benzene rings is 2. The Morgan fingerprint density at radius 3 is 2.28 bits per heavy atom. The van der Waals surface area contributed by atoms with E-state index in [2.05, 4.69) is 58.8 Å². The molecule has 0 radical (unpaired) electrons. The minimum absolute atomic E-state index is 0. The van der Waals surface area contributed by atoms with E-state index in [1.807, 2.05) is 47.6 Å². The largest absolute Gasteiger partial charge is 0.368 e. The van der Waals surface area contributed by atoms with Crippen LogP contribution in [0.4, 0.5) is 5.69 Å². The molecule has 1 saturated heterocycles. The summed E-state index contributed by atoms with van der Waals surface area (Å²) in [7, 11) is 2.05. The maximum Gasteiger partial charge on any atom is 0.256 e. The lowest BCUT2D eigenvalue weighted by molar-refractivity contribution is 0.0749. The second-order valence-electron chi connectivity index (χ2n) is 8.15. The van der Waals surface area contributed by atoms with Crippen LogP contribution in [0.15, 0.2) is 73.1 Å². The fraction of sp³-hybridized carbons (Fsp3) is 0.231. The number of nitrogens with zero attached hydrogens (tertiary/aromatic N) is 4. The zero-order chi connectivity index (χ0) is 21.4. The molecule has 164 valence electrons. The Morgan fingerprint density at radius 2 is 1.59 bits per heavy atom. The first-order valence-corrected chi connectivity index (χ1v) is 10.7. The summed E-state index contributed by atoms with van der Waals surface area (Å²) in [5.41, 5.74) is 6.27. The number of aromatic nitrogens is 2. The van der Waals surface area contributed by atoms with Crippen molar-refractivity contribution in [3.8, 4) is 11.3 Å². The SMILES string of the molecule is Cc1ccc2c(c1)c(C(=O)N1CCN(c3ccncc3)CC1)c(-c1ccccc1)n2C.Cl. The number of aryl methyl sites for hydroxylation is 2. The van der Waals surface area contributed by atoms with E-state index in [9.17, 15) is 4.79 Å². The molecule has 2 aromatic heterocycles. The van der Waals surface area contributed by atoms with Crippen molar-refractivity contribution in [3.05, 3.63) is 84.2 Å². The molecule has 0 atom stereocenters. The minimum atomic E-state index is 0. The summed E-state index contributed by atoms with van der Waals surface area (Å²) in [5, 5.41) is 1.03. The molecule has 4 aromatic rings. The normalized spacial score (nSPS) is 13.8. The van der Waals surface area contributed by atoms with Gasteiger partial charge in [0.2, 0.25) is 0 Å². The summed E-state index contributed by atoms with van der Waals surface area (Å²) in [6, 6.07) is 20.7. The summed E-state index contributed by atoms with van der Waals surface area (Å²) < 4.78 is 2.16. The topological polar surface area (TPSA) is 41.4 Å². The molecular weight excluding hydrogens is 420 g/mol. The fourth-order valence-corrected chi connectivity index (χ4v) is 4.59. The summed E-state index contributed by atoms with van der Waals surface area (Å²) in [6.07, 6.45) is 3.63. The number of rotatable bonds is 3. The van der Waals surface area contributed by atoms with Crippen LogP contribution in [-0.2, 0) is 7.05 Å². The van der Waals surface area contributed by atoms with Crippen LogP contribution in [0.25, 0.3) is 22.2 Å². The van der Waals surface area contributed by atoms with Crippen LogP contribution in [0.5, 0.6) is 0 Å². The molecule has 5 nitrogen and oxygen atoms in total. The average molecular weight is 447 g/mol. The third-order valence-electron chi connectivity index (χ3n) is 6.21. The van der Waals surface area contributed by atoms with Gasteiger partial charge in [0.05, 0.1) is 11.3 Å². The number of pyridine rings is 1. The number of carbonyl (C=O) groups excluding carboxylic acids is 1. The minimum Gasteiger partial charge on any atom is -0.368 e. The number of carbonyl (C=O) groups is 1. The van der Waals surface area contributed by atoms with E-state index in [1.54, 1.807) is 0 Å². The molecule has 1 amide bonds. The summed E-state index contributed by atoms with van der Waals surface area (Å²) in [5.74, 6) is 0.115. The van der Waals surface area contributed by atoms with Crippen molar-refractivity contribution in [1.29, 1.82) is 0 Å². The molecule has 0 unspecified atom stereocenters. The smallest absolute Gasteiger partial charge is 0.256 e. The molecule has 2 aromatic carbocycles. The highest BCUT2D eigenvalue weighted by Gasteiger charge is 2.28. The number of anilines is 1. The van der Waals surface area contributed by atoms with Crippen molar-refractivity contribution < 1.29 is 4.79 Å². The van der Waals surface area contributed by atoms with Gasteiger partial charge in [0.1, 0.15) is 0 Å². The second kappa shape index (κ2) is 9.05. The van der Waals surface area contributed by atoms with Gasteiger partial charge in [0.15, 0.2) is 0 Å². The molecule has 0 aliphatic carbocycles. The maximum atomic E-state index is 13.9. The zero-order valence-corrected chi connectivity index (χ0v) is 19.2. The second-order valence-corrected chi connectivity index (χ2v) is 8.15. The van der Waals surface area contributed by atoms with E-state index >= 15 is 0 Å². The Balaban J connectivity index is 0.00000245. The highest BCUT2D eigenvalue weighted by atomic mass is 35.5. The van der Waals surface area contributed by atoms with Gasteiger partial charge in [-0.25, -0.2) is 0 Å². The number of fused-ring (bicyclic) bond motifs is 1. The maximum absolute atomic E-state index is 13.9.